The third-order valence-corrected chi connectivity index (χ3v) is 15.8. The van der Waals surface area contributed by atoms with Gasteiger partial charge in [-0.25, -0.2) is 18.4 Å². The molecule has 3 aromatic carbocycles. The Morgan fingerprint density at radius 3 is 1.37 bits per heavy atom. The Kier molecular flexibility index (Phi) is 22.9. The standard InChI is InChI=1S/C33H32F2O3.C13H27NO5.C12H22N4O6/c1-22(38-30(37)31-19-23-17-24(20-31)29(36)25(18-23)21-31)33(34,35)32(26-11-5-2-6-12-26,27-13-7-3-8-14-27)28-15-9-4-10-16-28;1-15-8-9-18-12-13-19-11-10-17-7-4-14-2-5-16-6-3-14;1-19-5-13-9-10(15(7-21-3)11(13)17)16(8-22-4)12(18)14(9)6-20-2/h2-16,22-25H,17-21H2,1H3;2-13H2,1H3;9-10H,5-8H2,1-4H3. The minimum atomic E-state index is -3.51. The van der Waals surface area contributed by atoms with Crippen LogP contribution in [0.15, 0.2) is 91.0 Å². The zero-order valence-electron chi connectivity index (χ0n) is 46.7. The monoisotopic (exact) mass is 1110 g/mol. The third-order valence-electron chi connectivity index (χ3n) is 15.8. The number of hydrogen-bond donors (Lipinski definition) is 0. The lowest BCUT2D eigenvalue weighted by Crippen LogP contribution is -2.58. The number of urea groups is 2. The fraction of sp³-hybridized carbons (Fsp3) is 0.621. The van der Waals surface area contributed by atoms with E-state index in [1.54, 1.807) is 98.1 Å². The van der Waals surface area contributed by atoms with E-state index < -0.39 is 41.2 Å². The summed E-state index contributed by atoms with van der Waals surface area (Å²) >= 11 is 0. The second kappa shape index (κ2) is 29.5. The molecule has 3 saturated heterocycles. The van der Waals surface area contributed by atoms with E-state index in [4.69, 9.17) is 47.4 Å². The fourth-order valence-electron chi connectivity index (χ4n) is 12.4. The van der Waals surface area contributed by atoms with Crippen LogP contribution in [0.25, 0.3) is 0 Å². The van der Waals surface area contributed by atoms with Gasteiger partial charge in [0.15, 0.2) is 18.4 Å². The highest BCUT2D eigenvalue weighted by molar-refractivity contribution is 5.90. The first-order valence-corrected chi connectivity index (χ1v) is 27.2. The van der Waals surface area contributed by atoms with Gasteiger partial charge in [-0.15, -0.1) is 0 Å². The summed E-state index contributed by atoms with van der Waals surface area (Å²) in [5.41, 5.74) is -1.46. The first-order valence-electron chi connectivity index (χ1n) is 27.2. The number of carbonyl (C=O) groups is 4. The second-order valence-electron chi connectivity index (χ2n) is 20.8. The third kappa shape index (κ3) is 13.9. The molecule has 3 heterocycles. The molecule has 4 aliphatic carbocycles. The minimum absolute atomic E-state index is 0.0640. The summed E-state index contributed by atoms with van der Waals surface area (Å²) in [7, 11) is 7.63. The maximum atomic E-state index is 17.3. The highest BCUT2D eigenvalue weighted by Gasteiger charge is 2.64. The lowest BCUT2D eigenvalue weighted by atomic mass is 9.49. The lowest BCUT2D eigenvalue weighted by molar-refractivity contribution is -0.200. The fourth-order valence-corrected chi connectivity index (χ4v) is 12.4. The molecule has 4 bridgehead atoms. The van der Waals surface area contributed by atoms with Crippen LogP contribution < -0.4 is 0 Å². The molecule has 7 fully saturated rings. The number of nitrogens with zero attached hydrogens (tertiary/aromatic N) is 5. The number of hydrogen-bond acceptors (Lipinski definition) is 15. The summed E-state index contributed by atoms with van der Waals surface area (Å²) in [5, 5.41) is 0. The van der Waals surface area contributed by atoms with E-state index in [9.17, 15) is 19.2 Å². The van der Waals surface area contributed by atoms with Crippen molar-refractivity contribution < 1.29 is 75.3 Å². The van der Waals surface area contributed by atoms with Crippen LogP contribution in [0.5, 0.6) is 0 Å². The van der Waals surface area contributed by atoms with Gasteiger partial charge in [-0.1, -0.05) is 91.0 Å². The van der Waals surface area contributed by atoms with Crippen LogP contribution >= 0.6 is 0 Å². The van der Waals surface area contributed by atoms with Gasteiger partial charge in [0.2, 0.25) is 0 Å². The van der Waals surface area contributed by atoms with Gasteiger partial charge in [0.1, 0.15) is 38.1 Å². The molecule has 7 aliphatic rings. The molecule has 0 spiro atoms. The molecule has 3 unspecified atom stereocenters. The number of carbonyl (C=O) groups excluding carboxylic acids is 4. The Labute approximate surface area is 463 Å². The molecule has 4 amide bonds. The van der Waals surface area contributed by atoms with Crippen LogP contribution in [0.2, 0.25) is 0 Å². The number of esters is 1. The van der Waals surface area contributed by atoms with Gasteiger partial charge in [0, 0.05) is 67.0 Å². The van der Waals surface area contributed by atoms with Gasteiger partial charge in [-0.05, 0) is 61.6 Å². The topological polar surface area (TPSA) is 177 Å². The van der Waals surface area contributed by atoms with E-state index in [0.29, 0.717) is 81.5 Å². The van der Waals surface area contributed by atoms with E-state index >= 15 is 8.78 Å². The number of halogens is 2. The summed E-state index contributed by atoms with van der Waals surface area (Å²) < 4.78 is 87.0. The second-order valence-corrected chi connectivity index (χ2v) is 20.8. The normalized spacial score (nSPS) is 24.1. The molecule has 4 saturated carbocycles. The highest BCUT2D eigenvalue weighted by atomic mass is 19.3. The average Bonchev–Trinajstić information content (AvgIpc) is 3.83. The Hall–Kier alpha value is -5.20. The van der Waals surface area contributed by atoms with E-state index in [-0.39, 0.29) is 56.6 Å². The number of Topliss-reactive ketones (excluding diaryl/α,β-unsaturated/α-hetero) is 1. The summed E-state index contributed by atoms with van der Waals surface area (Å²) in [6.07, 6.45) is 0.361. The van der Waals surface area contributed by atoms with E-state index in [2.05, 4.69) is 4.90 Å². The molecule has 19 nitrogen and oxygen atoms in total. The smallest absolute Gasteiger partial charge is 0.327 e. The molecule has 0 radical (unpaired) electrons. The Balaban J connectivity index is 0.000000188. The number of alkyl halides is 2. The molecule has 0 aromatic heterocycles. The zero-order valence-corrected chi connectivity index (χ0v) is 46.7. The van der Waals surface area contributed by atoms with E-state index in [0.717, 1.165) is 52.3 Å². The molecule has 3 aromatic rings. The summed E-state index contributed by atoms with van der Waals surface area (Å²) in [4.78, 5) is 59.7. The van der Waals surface area contributed by atoms with Gasteiger partial charge in [-0.2, -0.15) is 0 Å². The van der Waals surface area contributed by atoms with Gasteiger partial charge < -0.3 is 47.4 Å². The average molecular weight is 1110 g/mol. The minimum Gasteiger partial charge on any atom is -0.456 e. The molecule has 3 atom stereocenters. The number of morpholine rings is 1. The van der Waals surface area contributed by atoms with Crippen molar-refractivity contribution in [2.45, 2.75) is 68.8 Å². The number of methoxy groups -OCH3 is 5. The molecule has 79 heavy (non-hydrogen) atoms. The molecule has 0 N–H and O–H groups in total. The quantitative estimate of drug-likeness (QED) is 0.0457. The number of fused-ring (bicyclic) bond motifs is 1. The van der Waals surface area contributed by atoms with Gasteiger partial charge in [-0.3, -0.25) is 34.1 Å². The maximum absolute atomic E-state index is 17.3. The van der Waals surface area contributed by atoms with Crippen molar-refractivity contribution in [1.29, 1.82) is 0 Å². The van der Waals surface area contributed by atoms with Crippen molar-refractivity contribution in [2.75, 3.05) is 142 Å². The van der Waals surface area contributed by atoms with Crippen LogP contribution in [-0.2, 0) is 62.4 Å². The van der Waals surface area contributed by atoms with Crippen molar-refractivity contribution in [1.82, 2.24) is 24.5 Å². The number of amides is 4. The largest absolute Gasteiger partial charge is 0.456 e. The van der Waals surface area contributed by atoms with Crippen molar-refractivity contribution in [3.05, 3.63) is 108 Å². The van der Waals surface area contributed by atoms with Crippen molar-refractivity contribution in [3.8, 4) is 0 Å². The summed E-state index contributed by atoms with van der Waals surface area (Å²) in [6.45, 7) is 10.7. The zero-order chi connectivity index (χ0) is 56.4. The Bertz CT molecular complexity index is 2170. The Morgan fingerprint density at radius 1 is 0.582 bits per heavy atom. The van der Waals surface area contributed by atoms with Crippen molar-refractivity contribution >= 4 is 23.8 Å². The predicted octanol–water partition coefficient (Wildman–Crippen LogP) is 6.53. The van der Waals surface area contributed by atoms with Crippen LogP contribution in [0, 0.1) is 23.2 Å². The maximum Gasteiger partial charge on any atom is 0.327 e. The van der Waals surface area contributed by atoms with Crippen LogP contribution in [0.1, 0.15) is 55.7 Å². The number of ether oxygens (including phenoxy) is 10. The Morgan fingerprint density at radius 2 is 0.975 bits per heavy atom. The van der Waals surface area contributed by atoms with Crippen LogP contribution in [-0.4, -0.2) is 214 Å². The molecule has 10 rings (SSSR count). The van der Waals surface area contributed by atoms with E-state index in [1.165, 1.54) is 55.0 Å². The summed E-state index contributed by atoms with van der Waals surface area (Å²) in [5.74, 6) is -3.81. The van der Waals surface area contributed by atoms with Gasteiger partial charge in [0.05, 0.1) is 64.9 Å². The molecule has 21 heteroatoms. The van der Waals surface area contributed by atoms with Gasteiger partial charge >= 0.3 is 24.0 Å². The molecular formula is C58H81F2N5O14. The van der Waals surface area contributed by atoms with Crippen molar-refractivity contribution in [2.24, 2.45) is 23.2 Å². The first kappa shape index (κ1) is 61.4. The molecule has 3 aliphatic heterocycles. The lowest BCUT2D eigenvalue weighted by Gasteiger charge is -2.54. The van der Waals surface area contributed by atoms with Crippen LogP contribution in [0.4, 0.5) is 18.4 Å². The SMILES string of the molecule is CC(OC(=O)C12CC3CC(C1)C(=O)C(C3)C2)C(F)(F)C(c1ccccc1)(c1ccccc1)c1ccccc1.COCCOCCOCCOCCN1CCOCC1.COCN1C(=O)N(COC)C2C1N(COC)C(=O)N2COC. The molecule has 436 valence electrons. The summed E-state index contributed by atoms with van der Waals surface area (Å²) in [6, 6.07) is 25.7. The molecular weight excluding hydrogens is 1030 g/mol. The van der Waals surface area contributed by atoms with Crippen LogP contribution in [0.3, 0.4) is 0 Å². The first-order chi connectivity index (χ1) is 38.3. The predicted molar refractivity (Wildman–Crippen MR) is 286 cm³/mol. The van der Waals surface area contributed by atoms with E-state index in [1.807, 2.05) is 0 Å². The number of ketones is 1. The number of rotatable bonds is 27. The van der Waals surface area contributed by atoms with Crippen molar-refractivity contribution in [3.63, 3.8) is 0 Å². The number of benzene rings is 3. The highest BCUT2D eigenvalue weighted by Crippen LogP contribution is 2.60. The van der Waals surface area contributed by atoms with Gasteiger partial charge in [0.25, 0.3) is 0 Å².